The van der Waals surface area contributed by atoms with Crippen LogP contribution in [0, 0.1) is 0 Å². The first-order chi connectivity index (χ1) is 16.0. The van der Waals surface area contributed by atoms with E-state index >= 15 is 0 Å². The summed E-state index contributed by atoms with van der Waals surface area (Å²) < 4.78 is 0. The van der Waals surface area contributed by atoms with Crippen molar-refractivity contribution in [2.45, 2.75) is 50.7 Å². The number of hydrogen-bond donors (Lipinski definition) is 3. The number of amides is 3. The monoisotopic (exact) mass is 448 g/mol. The van der Waals surface area contributed by atoms with Gasteiger partial charge in [-0.15, -0.1) is 0 Å². The second-order valence-electron chi connectivity index (χ2n) is 9.07. The number of nitrogens with zero attached hydrogens (tertiary/aromatic N) is 2. The van der Waals surface area contributed by atoms with Crippen molar-refractivity contribution in [1.82, 2.24) is 20.4 Å². The lowest BCUT2D eigenvalue weighted by Gasteiger charge is -2.30. The molecule has 3 atom stereocenters. The molecule has 0 saturated carbocycles. The third-order valence-electron chi connectivity index (χ3n) is 6.83. The Kier molecular flexibility index (Phi) is 5.97. The van der Waals surface area contributed by atoms with Gasteiger partial charge in [-0.3, -0.25) is 24.6 Å². The van der Waals surface area contributed by atoms with Gasteiger partial charge in [0.1, 0.15) is 6.04 Å². The van der Waals surface area contributed by atoms with Gasteiger partial charge in [0.2, 0.25) is 11.8 Å². The van der Waals surface area contributed by atoms with E-state index in [-0.39, 0.29) is 24.3 Å². The molecule has 2 aromatic carbocycles. The minimum absolute atomic E-state index is 0.0193. The quantitative estimate of drug-likeness (QED) is 0.565. The third kappa shape index (κ3) is 4.42. The third-order valence-corrected chi connectivity index (χ3v) is 6.83. The molecule has 0 aliphatic carbocycles. The van der Waals surface area contributed by atoms with E-state index in [1.54, 1.807) is 4.90 Å². The van der Waals surface area contributed by atoms with Crippen LogP contribution in [0.4, 0.5) is 0 Å². The zero-order chi connectivity index (χ0) is 22.9. The van der Waals surface area contributed by atoms with E-state index in [2.05, 4.69) is 27.7 Å². The maximum Gasteiger partial charge on any atom is 0.255 e. The molecule has 3 N–H and O–H groups in total. The summed E-state index contributed by atoms with van der Waals surface area (Å²) in [6.45, 7) is 2.94. The van der Waals surface area contributed by atoms with E-state index in [0.29, 0.717) is 44.7 Å². The summed E-state index contributed by atoms with van der Waals surface area (Å²) in [5.74, 6) is -0.854. The number of carbonyl (C=O) groups is 3. The zero-order valence-electron chi connectivity index (χ0n) is 18.4. The van der Waals surface area contributed by atoms with Gasteiger partial charge >= 0.3 is 0 Å². The van der Waals surface area contributed by atoms with Crippen LogP contribution in [0.1, 0.15) is 39.9 Å². The maximum atomic E-state index is 13.2. The molecule has 0 radical (unpaired) electrons. The Morgan fingerprint density at radius 2 is 1.79 bits per heavy atom. The van der Waals surface area contributed by atoms with Gasteiger partial charge in [-0.2, -0.15) is 0 Å². The van der Waals surface area contributed by atoms with Gasteiger partial charge in [0.25, 0.3) is 5.91 Å². The van der Waals surface area contributed by atoms with Crippen LogP contribution in [0.2, 0.25) is 0 Å². The zero-order valence-corrected chi connectivity index (χ0v) is 18.4. The minimum Gasteiger partial charge on any atom is -0.390 e. The lowest BCUT2D eigenvalue weighted by molar-refractivity contribution is -0.136. The molecule has 0 spiro atoms. The van der Waals surface area contributed by atoms with Crippen LogP contribution in [-0.2, 0) is 29.2 Å². The van der Waals surface area contributed by atoms with Crippen LogP contribution >= 0.6 is 0 Å². The molecule has 1 unspecified atom stereocenters. The fourth-order valence-corrected chi connectivity index (χ4v) is 5.07. The van der Waals surface area contributed by atoms with Gasteiger partial charge < -0.3 is 15.3 Å². The van der Waals surface area contributed by atoms with Gasteiger partial charge in [-0.05, 0) is 29.2 Å². The summed E-state index contributed by atoms with van der Waals surface area (Å²) in [6, 6.07) is 15.4. The number of benzene rings is 2. The molecule has 0 aromatic heterocycles. The number of nitrogens with one attached hydrogen (secondary N) is 2. The average molecular weight is 449 g/mol. The Hall–Kier alpha value is -3.07. The first-order valence-corrected chi connectivity index (χ1v) is 11.4. The summed E-state index contributed by atoms with van der Waals surface area (Å²) in [5, 5.41) is 16.1. The Morgan fingerprint density at radius 1 is 1.00 bits per heavy atom. The summed E-state index contributed by atoms with van der Waals surface area (Å²) in [4.78, 5) is 40.8. The second-order valence-corrected chi connectivity index (χ2v) is 9.07. The van der Waals surface area contributed by atoms with Gasteiger partial charge in [0, 0.05) is 50.7 Å². The van der Waals surface area contributed by atoms with Crippen LogP contribution in [0.3, 0.4) is 0 Å². The molecule has 33 heavy (non-hydrogen) atoms. The molecule has 3 aliphatic heterocycles. The summed E-state index contributed by atoms with van der Waals surface area (Å²) in [7, 11) is 0. The van der Waals surface area contributed by atoms with Gasteiger partial charge in [-0.1, -0.05) is 42.5 Å². The van der Waals surface area contributed by atoms with Crippen LogP contribution in [-0.4, -0.2) is 63.9 Å². The molecule has 2 saturated heterocycles. The molecule has 5 rings (SSSR count). The predicted molar refractivity (Wildman–Crippen MR) is 121 cm³/mol. The first kappa shape index (κ1) is 21.8. The smallest absolute Gasteiger partial charge is 0.255 e. The Balaban J connectivity index is 1.35. The van der Waals surface area contributed by atoms with E-state index in [0.717, 1.165) is 16.7 Å². The maximum absolute atomic E-state index is 13.2. The fraction of sp³-hybridized carbons (Fsp3) is 0.400. The van der Waals surface area contributed by atoms with Gasteiger partial charge in [0.05, 0.1) is 6.10 Å². The molecule has 2 fully saturated rings. The number of hydrogen-bond acceptors (Lipinski definition) is 6. The highest BCUT2D eigenvalue weighted by Gasteiger charge is 2.39. The standard InChI is InChI=1S/C25H28N4O4/c30-22-12-26-11-21(22)28(13-16-4-2-1-3-5-16)14-17-6-7-18-15-29(25(33)19(18)10-17)20-8-9-23(31)27-24(20)32/h1-7,10,20-22,26,30H,8-9,11-15H2,(H,27,31,32)/t20?,21-,22-/m1/s1. The Labute approximate surface area is 192 Å². The lowest BCUT2D eigenvalue weighted by atomic mass is 10.0. The van der Waals surface area contributed by atoms with Crippen molar-refractivity contribution in [2.24, 2.45) is 0 Å². The van der Waals surface area contributed by atoms with E-state index < -0.39 is 18.1 Å². The van der Waals surface area contributed by atoms with Crippen molar-refractivity contribution < 1.29 is 19.5 Å². The van der Waals surface area contributed by atoms with E-state index in [1.807, 2.05) is 36.4 Å². The molecule has 2 aromatic rings. The van der Waals surface area contributed by atoms with Crippen molar-refractivity contribution in [3.8, 4) is 0 Å². The number of imide groups is 1. The number of aliphatic hydroxyl groups excluding tert-OH is 1. The largest absolute Gasteiger partial charge is 0.390 e. The molecular weight excluding hydrogens is 420 g/mol. The second kappa shape index (κ2) is 9.05. The molecular formula is C25H28N4O4. The predicted octanol–water partition coefficient (Wildman–Crippen LogP) is 0.783. The van der Waals surface area contributed by atoms with E-state index in [4.69, 9.17) is 0 Å². The summed E-state index contributed by atoms with van der Waals surface area (Å²) in [6.07, 6.45) is 0.149. The number of piperidine rings is 1. The number of carbonyl (C=O) groups excluding carboxylic acids is 3. The van der Waals surface area contributed by atoms with E-state index in [1.165, 1.54) is 0 Å². The Morgan fingerprint density at radius 3 is 2.52 bits per heavy atom. The molecule has 3 amide bonds. The van der Waals surface area contributed by atoms with E-state index in [9.17, 15) is 19.5 Å². The summed E-state index contributed by atoms with van der Waals surface area (Å²) in [5.41, 5.74) is 3.66. The molecule has 8 nitrogen and oxygen atoms in total. The SMILES string of the molecule is O=C1CCC(N2Cc3ccc(CN(Cc4ccccc4)[C@@H]4CNC[C@H]4O)cc3C2=O)C(=O)N1. The molecule has 172 valence electrons. The topological polar surface area (TPSA) is 102 Å². The Bertz CT molecular complexity index is 1070. The van der Waals surface area contributed by atoms with Crippen LogP contribution in [0.15, 0.2) is 48.5 Å². The number of β-amino-alcohol motifs (C(OH)–C–C–N with tert-alkyl or cyclic N) is 1. The lowest BCUT2D eigenvalue weighted by Crippen LogP contribution is -2.52. The van der Waals surface area contributed by atoms with Crippen molar-refractivity contribution in [3.63, 3.8) is 0 Å². The highest BCUT2D eigenvalue weighted by molar-refractivity contribution is 6.05. The summed E-state index contributed by atoms with van der Waals surface area (Å²) >= 11 is 0. The van der Waals surface area contributed by atoms with Crippen LogP contribution in [0.25, 0.3) is 0 Å². The van der Waals surface area contributed by atoms with Crippen molar-refractivity contribution in [2.75, 3.05) is 13.1 Å². The molecule has 3 aliphatic rings. The van der Waals surface area contributed by atoms with Gasteiger partial charge in [-0.25, -0.2) is 0 Å². The van der Waals surface area contributed by atoms with Crippen molar-refractivity contribution in [3.05, 3.63) is 70.8 Å². The van der Waals surface area contributed by atoms with Crippen LogP contribution < -0.4 is 10.6 Å². The average Bonchev–Trinajstić information content (AvgIpc) is 3.37. The molecule has 0 bridgehead atoms. The minimum atomic E-state index is -0.611. The highest BCUT2D eigenvalue weighted by atomic mass is 16.3. The number of fused-ring (bicyclic) bond motifs is 1. The van der Waals surface area contributed by atoms with Crippen LogP contribution in [0.5, 0.6) is 0 Å². The highest BCUT2D eigenvalue weighted by Crippen LogP contribution is 2.29. The normalized spacial score (nSPS) is 25.0. The number of aliphatic hydroxyl groups is 1. The van der Waals surface area contributed by atoms with Crippen molar-refractivity contribution in [1.29, 1.82) is 0 Å². The number of rotatable bonds is 6. The fourth-order valence-electron chi connectivity index (χ4n) is 5.07. The molecule has 8 heteroatoms. The first-order valence-electron chi connectivity index (χ1n) is 11.4. The van der Waals surface area contributed by atoms with Crippen molar-refractivity contribution >= 4 is 17.7 Å². The molecule has 3 heterocycles. The van der Waals surface area contributed by atoms with Gasteiger partial charge in [0.15, 0.2) is 0 Å².